The predicted octanol–water partition coefficient (Wildman–Crippen LogP) is 4.33. The van der Waals surface area contributed by atoms with Crippen LogP contribution >= 0.6 is 0 Å². The topological polar surface area (TPSA) is 61.8 Å². The molecule has 8 atom stereocenters. The Labute approximate surface area is 181 Å². The molecular weight excluding hydrogens is 396 g/mol. The molecule has 5 nitrogen and oxygen atoms in total. The van der Waals surface area contributed by atoms with Crippen molar-refractivity contribution in [3.05, 3.63) is 12.2 Å². The van der Waals surface area contributed by atoms with Gasteiger partial charge in [0.05, 0.1) is 25.0 Å². The van der Waals surface area contributed by atoms with Gasteiger partial charge in [0.1, 0.15) is 0 Å². The Bertz CT molecular complexity index is 817. The van der Waals surface area contributed by atoms with Crippen molar-refractivity contribution in [2.75, 3.05) is 13.7 Å². The molecule has 2 unspecified atom stereocenters. The molecule has 1 spiro atoms. The van der Waals surface area contributed by atoms with Gasteiger partial charge in [0.15, 0.2) is 8.32 Å². The second kappa shape index (κ2) is 6.22. The van der Waals surface area contributed by atoms with E-state index in [9.17, 15) is 9.59 Å². The maximum Gasteiger partial charge on any atom is 0.312 e. The molecule has 0 radical (unpaired) electrons. The van der Waals surface area contributed by atoms with Crippen molar-refractivity contribution in [3.63, 3.8) is 0 Å². The Balaban J connectivity index is 1.74. The van der Waals surface area contributed by atoms with Crippen molar-refractivity contribution in [3.8, 4) is 0 Å². The summed E-state index contributed by atoms with van der Waals surface area (Å²) in [5.74, 6) is 0.0412. The molecule has 0 amide bonds. The third kappa shape index (κ3) is 2.44. The van der Waals surface area contributed by atoms with E-state index in [1.165, 1.54) is 12.7 Å². The van der Waals surface area contributed by atoms with E-state index in [0.717, 1.165) is 38.5 Å². The Morgan fingerprint density at radius 1 is 1.20 bits per heavy atom. The zero-order chi connectivity index (χ0) is 21.7. The van der Waals surface area contributed by atoms with Gasteiger partial charge in [-0.1, -0.05) is 18.6 Å². The van der Waals surface area contributed by atoms with Gasteiger partial charge in [0, 0.05) is 11.5 Å². The van der Waals surface area contributed by atoms with Crippen molar-refractivity contribution in [2.24, 2.45) is 39.9 Å². The summed E-state index contributed by atoms with van der Waals surface area (Å²) in [6.07, 6.45) is 5.73. The van der Waals surface area contributed by atoms with E-state index in [-0.39, 0.29) is 46.6 Å². The first-order valence-corrected chi connectivity index (χ1v) is 15.0. The number of fused-ring (bicyclic) bond motifs is 1. The van der Waals surface area contributed by atoms with Gasteiger partial charge in [-0.3, -0.25) is 9.59 Å². The number of esters is 2. The lowest BCUT2D eigenvalue weighted by atomic mass is 9.51. The van der Waals surface area contributed by atoms with Crippen LogP contribution in [0.2, 0.25) is 19.6 Å². The van der Waals surface area contributed by atoms with E-state index in [1.54, 1.807) is 0 Å². The molecule has 166 valence electrons. The highest BCUT2D eigenvalue weighted by Gasteiger charge is 2.80. The Morgan fingerprint density at radius 2 is 1.93 bits per heavy atom. The molecule has 1 heterocycles. The highest BCUT2D eigenvalue weighted by molar-refractivity contribution is 6.69. The molecule has 6 heteroatoms. The molecule has 5 rings (SSSR count). The fraction of sp³-hybridized carbons (Fsp3) is 0.833. The fourth-order valence-electron chi connectivity index (χ4n) is 8.91. The first-order chi connectivity index (χ1) is 14.0. The van der Waals surface area contributed by atoms with Crippen LogP contribution in [-0.4, -0.2) is 40.1 Å². The van der Waals surface area contributed by atoms with Crippen molar-refractivity contribution >= 4 is 20.3 Å². The molecule has 4 aliphatic carbocycles. The summed E-state index contributed by atoms with van der Waals surface area (Å²) in [7, 11) is -0.307. The maximum atomic E-state index is 13.4. The van der Waals surface area contributed by atoms with Crippen LogP contribution in [0.1, 0.15) is 45.4 Å². The van der Waals surface area contributed by atoms with Crippen LogP contribution in [-0.2, 0) is 23.5 Å². The van der Waals surface area contributed by atoms with Gasteiger partial charge in [0.25, 0.3) is 0 Å². The van der Waals surface area contributed by atoms with E-state index in [4.69, 9.17) is 13.9 Å². The highest BCUT2D eigenvalue weighted by Crippen LogP contribution is 2.79. The van der Waals surface area contributed by atoms with Crippen LogP contribution in [0.15, 0.2) is 12.2 Å². The minimum Gasteiger partial charge on any atom is -0.469 e. The summed E-state index contributed by atoms with van der Waals surface area (Å²) in [5.41, 5.74) is 0.226. The maximum absolute atomic E-state index is 13.4. The minimum absolute atomic E-state index is 0.0326. The number of ether oxygens (including phenoxy) is 2. The Morgan fingerprint density at radius 3 is 2.60 bits per heavy atom. The van der Waals surface area contributed by atoms with E-state index in [0.29, 0.717) is 12.5 Å². The van der Waals surface area contributed by atoms with E-state index < -0.39 is 13.7 Å². The lowest BCUT2D eigenvalue weighted by molar-refractivity contribution is -0.204. The quantitative estimate of drug-likeness (QED) is 0.377. The number of cyclic esters (lactones) is 1. The van der Waals surface area contributed by atoms with E-state index in [1.807, 2.05) is 6.92 Å². The van der Waals surface area contributed by atoms with Crippen LogP contribution < -0.4 is 0 Å². The zero-order valence-corrected chi connectivity index (χ0v) is 20.1. The summed E-state index contributed by atoms with van der Waals surface area (Å²) < 4.78 is 18.2. The molecule has 0 aromatic carbocycles. The zero-order valence-electron chi connectivity index (χ0n) is 19.1. The first-order valence-electron chi connectivity index (χ1n) is 11.6. The number of hydrogen-bond donors (Lipinski definition) is 0. The average Bonchev–Trinajstić information content (AvgIpc) is 3.06. The number of hydrogen-bond acceptors (Lipinski definition) is 5. The Kier molecular flexibility index (Phi) is 4.30. The third-order valence-electron chi connectivity index (χ3n) is 9.38. The Hall–Kier alpha value is -1.14. The molecule has 0 N–H and O–H groups in total. The van der Waals surface area contributed by atoms with E-state index >= 15 is 0 Å². The molecule has 4 saturated carbocycles. The molecule has 1 saturated heterocycles. The second-order valence-electron chi connectivity index (χ2n) is 12.0. The molecule has 5 fully saturated rings. The molecule has 4 bridgehead atoms. The van der Waals surface area contributed by atoms with Gasteiger partial charge in [-0.2, -0.15) is 0 Å². The molecule has 1 aliphatic heterocycles. The van der Waals surface area contributed by atoms with Crippen molar-refractivity contribution in [2.45, 2.75) is 71.2 Å². The second-order valence-corrected chi connectivity index (χ2v) is 16.5. The number of allylic oxidation sites excluding steroid dienone is 1. The van der Waals surface area contributed by atoms with Crippen molar-refractivity contribution in [1.82, 2.24) is 0 Å². The summed E-state index contributed by atoms with van der Waals surface area (Å²) in [5, 5.41) is 0. The lowest BCUT2D eigenvalue weighted by Gasteiger charge is -2.57. The van der Waals surface area contributed by atoms with Gasteiger partial charge in [-0.15, -0.1) is 0 Å². The molecular formula is C24H36O5Si. The average molecular weight is 433 g/mol. The van der Waals surface area contributed by atoms with Gasteiger partial charge >= 0.3 is 11.9 Å². The van der Waals surface area contributed by atoms with Crippen LogP contribution in [0.25, 0.3) is 0 Å². The molecule has 0 aromatic heterocycles. The summed E-state index contributed by atoms with van der Waals surface area (Å²) in [6, 6.07) is 0. The summed E-state index contributed by atoms with van der Waals surface area (Å²) >= 11 is 0. The number of carbonyl (C=O) groups is 2. The molecule has 5 aliphatic rings. The summed E-state index contributed by atoms with van der Waals surface area (Å²) in [4.78, 5) is 26.5. The number of carbonyl (C=O) groups excluding carboxylic acids is 2. The van der Waals surface area contributed by atoms with Gasteiger partial charge in [-0.05, 0) is 81.8 Å². The smallest absolute Gasteiger partial charge is 0.312 e. The normalized spacial score (nSPS) is 49.3. The van der Waals surface area contributed by atoms with Crippen LogP contribution in [0.5, 0.6) is 0 Å². The van der Waals surface area contributed by atoms with Gasteiger partial charge < -0.3 is 13.9 Å². The monoisotopic (exact) mass is 432 g/mol. The van der Waals surface area contributed by atoms with Crippen molar-refractivity contribution in [1.29, 1.82) is 0 Å². The lowest BCUT2D eigenvalue weighted by Crippen LogP contribution is -2.60. The van der Waals surface area contributed by atoms with Gasteiger partial charge in [0.2, 0.25) is 0 Å². The molecule has 0 aromatic rings. The minimum atomic E-state index is -1.81. The number of methoxy groups -OCH3 is 1. The fourth-order valence-corrected chi connectivity index (χ4v) is 10.1. The van der Waals surface area contributed by atoms with Gasteiger partial charge in [-0.25, -0.2) is 0 Å². The highest BCUT2D eigenvalue weighted by atomic mass is 28.4. The summed E-state index contributed by atoms with van der Waals surface area (Å²) in [6.45, 7) is 13.7. The standard InChI is InChI=1S/C24H36O5Si/c1-14-11-24-12-15(14)10-16(29-30(4,5)6)18(24)23-9-7-8-22(2,21(26)28-13-23)19(23)17(24)20(25)27-3/h15-19H,1,7-13H2,2-6H3/t15?,16-,17+,18-,19+,22?,23+,24+/m0/s1. The predicted molar refractivity (Wildman–Crippen MR) is 115 cm³/mol. The first kappa shape index (κ1) is 20.7. The molecule has 30 heavy (non-hydrogen) atoms. The van der Waals surface area contributed by atoms with Crippen LogP contribution in [0, 0.1) is 39.9 Å². The largest absolute Gasteiger partial charge is 0.469 e. The number of rotatable bonds is 3. The SMILES string of the molecule is C=C1C[C@]23CC1C[C@H](O[Si](C)(C)C)[C@H]2[C@@]12CCCC(C)(C(=O)OC1)[C@H]2[C@@H]3C(=O)OC. The van der Waals surface area contributed by atoms with Crippen molar-refractivity contribution < 1.29 is 23.5 Å². The third-order valence-corrected chi connectivity index (χ3v) is 10.4. The van der Waals surface area contributed by atoms with Crippen LogP contribution in [0.3, 0.4) is 0 Å². The van der Waals surface area contributed by atoms with Crippen LogP contribution in [0.4, 0.5) is 0 Å². The van der Waals surface area contributed by atoms with E-state index in [2.05, 4.69) is 26.2 Å².